The summed E-state index contributed by atoms with van der Waals surface area (Å²) in [6.07, 6.45) is 3.91. The van der Waals surface area contributed by atoms with E-state index in [1.807, 2.05) is 0 Å². The topological polar surface area (TPSA) is 12.0 Å². The van der Waals surface area contributed by atoms with E-state index in [0.29, 0.717) is 12.0 Å². The van der Waals surface area contributed by atoms with Gasteiger partial charge in [-0.2, -0.15) is 0 Å². The average molecular weight is 238 g/mol. The van der Waals surface area contributed by atoms with Crippen LogP contribution in [0.25, 0.3) is 0 Å². The molecule has 2 rings (SSSR count). The lowest BCUT2D eigenvalue weighted by Crippen LogP contribution is -2.30. The fraction of sp³-hybridized carbons (Fsp3) is 0.571. The Bertz CT molecular complexity index is 362. The van der Waals surface area contributed by atoms with Gasteiger partial charge in [0.1, 0.15) is 0 Å². The Balaban J connectivity index is 2.19. The number of hydrogen-bond acceptors (Lipinski definition) is 1. The van der Waals surface area contributed by atoms with Crippen molar-refractivity contribution < 1.29 is 0 Å². The molecule has 1 aromatic rings. The van der Waals surface area contributed by atoms with Crippen LogP contribution in [0.4, 0.5) is 0 Å². The largest absolute Gasteiger partial charge is 0.314 e. The van der Waals surface area contributed by atoms with Crippen LogP contribution in [0.3, 0.4) is 0 Å². The summed E-state index contributed by atoms with van der Waals surface area (Å²) in [7, 11) is 0. The van der Waals surface area contributed by atoms with Crippen molar-refractivity contribution in [2.45, 2.75) is 45.1 Å². The Hall–Kier alpha value is -0.530. The van der Waals surface area contributed by atoms with Gasteiger partial charge in [0.25, 0.3) is 0 Å². The molecule has 2 unspecified atom stereocenters. The molecule has 1 aliphatic carbocycles. The second-order valence-electron chi connectivity index (χ2n) is 4.71. The van der Waals surface area contributed by atoms with Crippen LogP contribution in [0.5, 0.6) is 0 Å². The fourth-order valence-corrected chi connectivity index (χ4v) is 2.89. The summed E-state index contributed by atoms with van der Waals surface area (Å²) in [5.74, 6) is 0.651. The Morgan fingerprint density at radius 2 is 2.19 bits per heavy atom. The summed E-state index contributed by atoms with van der Waals surface area (Å²) >= 11 is 6.20. The van der Waals surface area contributed by atoms with E-state index in [0.717, 1.165) is 11.6 Å². The number of benzene rings is 1. The second-order valence-corrected chi connectivity index (χ2v) is 5.12. The third kappa shape index (κ3) is 2.41. The molecule has 0 aromatic heterocycles. The van der Waals surface area contributed by atoms with E-state index < -0.39 is 0 Å². The van der Waals surface area contributed by atoms with E-state index in [1.165, 1.54) is 30.4 Å². The molecule has 0 radical (unpaired) electrons. The normalized spacial score (nSPS) is 24.9. The lowest BCUT2D eigenvalue weighted by atomic mass is 9.93. The second kappa shape index (κ2) is 5.20. The van der Waals surface area contributed by atoms with Gasteiger partial charge in [-0.3, -0.25) is 0 Å². The van der Waals surface area contributed by atoms with E-state index in [2.05, 4.69) is 37.4 Å². The molecule has 16 heavy (non-hydrogen) atoms. The molecule has 1 aromatic carbocycles. The molecule has 1 aliphatic rings. The van der Waals surface area contributed by atoms with Crippen molar-refractivity contribution >= 4 is 11.6 Å². The summed E-state index contributed by atoms with van der Waals surface area (Å²) in [6, 6.07) is 7.17. The summed E-state index contributed by atoms with van der Waals surface area (Å²) in [6.45, 7) is 5.29. The molecule has 0 heterocycles. The van der Waals surface area contributed by atoms with Crippen LogP contribution < -0.4 is 5.32 Å². The number of nitrogens with one attached hydrogen (secondary N) is 1. The first kappa shape index (κ1) is 11.9. The minimum absolute atomic E-state index is 0.642. The van der Waals surface area contributed by atoms with E-state index in [4.69, 9.17) is 11.6 Å². The molecule has 1 fully saturated rings. The van der Waals surface area contributed by atoms with E-state index >= 15 is 0 Å². The number of halogens is 1. The van der Waals surface area contributed by atoms with Gasteiger partial charge in [0, 0.05) is 11.1 Å². The number of aryl methyl sites for hydroxylation is 1. The molecule has 88 valence electrons. The lowest BCUT2D eigenvalue weighted by Gasteiger charge is -2.21. The fourth-order valence-electron chi connectivity index (χ4n) is 2.71. The van der Waals surface area contributed by atoms with Crippen molar-refractivity contribution in [2.24, 2.45) is 0 Å². The third-order valence-corrected chi connectivity index (χ3v) is 4.01. The van der Waals surface area contributed by atoms with Crippen LogP contribution in [-0.2, 0) is 0 Å². The average Bonchev–Trinajstić information content (AvgIpc) is 2.71. The molecule has 1 nitrogen and oxygen atoms in total. The van der Waals surface area contributed by atoms with Gasteiger partial charge in [0.05, 0.1) is 0 Å². The highest BCUT2D eigenvalue weighted by atomic mass is 35.5. The predicted octanol–water partition coefficient (Wildman–Crippen LogP) is 3.89. The Morgan fingerprint density at radius 3 is 2.88 bits per heavy atom. The summed E-state index contributed by atoms with van der Waals surface area (Å²) < 4.78 is 0. The van der Waals surface area contributed by atoms with E-state index in [-0.39, 0.29) is 0 Å². The van der Waals surface area contributed by atoms with Crippen LogP contribution in [0.1, 0.15) is 43.2 Å². The van der Waals surface area contributed by atoms with Crippen molar-refractivity contribution in [3.8, 4) is 0 Å². The predicted molar refractivity (Wildman–Crippen MR) is 70.2 cm³/mol. The standard InChI is InChI=1S/C14H20ClN/c1-3-16-14-6-4-5-12(14)11-8-7-10(2)13(15)9-11/h7-9,12,14,16H,3-6H2,1-2H3. The van der Waals surface area contributed by atoms with Gasteiger partial charge in [-0.25, -0.2) is 0 Å². The van der Waals surface area contributed by atoms with E-state index in [9.17, 15) is 0 Å². The van der Waals surface area contributed by atoms with Crippen molar-refractivity contribution in [1.82, 2.24) is 5.32 Å². The number of hydrogen-bond donors (Lipinski definition) is 1. The van der Waals surface area contributed by atoms with Gasteiger partial charge < -0.3 is 5.32 Å². The van der Waals surface area contributed by atoms with E-state index in [1.54, 1.807) is 0 Å². The van der Waals surface area contributed by atoms with Gasteiger partial charge in [-0.1, -0.05) is 37.1 Å². The Kier molecular flexibility index (Phi) is 3.88. The molecule has 2 heteroatoms. The maximum atomic E-state index is 6.20. The molecule has 0 bridgehead atoms. The molecule has 2 atom stereocenters. The maximum Gasteiger partial charge on any atom is 0.0438 e. The van der Waals surface area contributed by atoms with Gasteiger partial charge in [0.15, 0.2) is 0 Å². The van der Waals surface area contributed by atoms with Crippen molar-refractivity contribution in [3.63, 3.8) is 0 Å². The molecule has 1 saturated carbocycles. The molecular formula is C14H20ClN. The van der Waals surface area contributed by atoms with Crippen LogP contribution in [-0.4, -0.2) is 12.6 Å². The smallest absolute Gasteiger partial charge is 0.0438 e. The third-order valence-electron chi connectivity index (χ3n) is 3.61. The Labute approximate surface area is 103 Å². The first-order chi connectivity index (χ1) is 7.72. The molecular weight excluding hydrogens is 218 g/mol. The first-order valence-electron chi connectivity index (χ1n) is 6.21. The van der Waals surface area contributed by atoms with Gasteiger partial charge >= 0.3 is 0 Å². The van der Waals surface area contributed by atoms with Crippen LogP contribution in [0.15, 0.2) is 18.2 Å². The monoisotopic (exact) mass is 237 g/mol. The summed E-state index contributed by atoms with van der Waals surface area (Å²) in [5.41, 5.74) is 2.57. The molecule has 0 aliphatic heterocycles. The number of likely N-dealkylation sites (N-methyl/N-ethyl adjacent to an activating group) is 1. The minimum atomic E-state index is 0.642. The first-order valence-corrected chi connectivity index (χ1v) is 6.59. The van der Waals surface area contributed by atoms with Gasteiger partial charge in [-0.05, 0) is 49.4 Å². The van der Waals surface area contributed by atoms with Crippen molar-refractivity contribution in [3.05, 3.63) is 34.3 Å². The van der Waals surface area contributed by atoms with Crippen LogP contribution in [0.2, 0.25) is 5.02 Å². The van der Waals surface area contributed by atoms with Gasteiger partial charge in [-0.15, -0.1) is 0 Å². The van der Waals surface area contributed by atoms with Crippen LogP contribution in [0, 0.1) is 6.92 Å². The van der Waals surface area contributed by atoms with Gasteiger partial charge in [0.2, 0.25) is 0 Å². The Morgan fingerprint density at radius 1 is 1.38 bits per heavy atom. The molecule has 0 saturated heterocycles. The van der Waals surface area contributed by atoms with Crippen molar-refractivity contribution in [2.75, 3.05) is 6.54 Å². The highest BCUT2D eigenvalue weighted by Crippen LogP contribution is 2.36. The highest BCUT2D eigenvalue weighted by Gasteiger charge is 2.27. The maximum absolute atomic E-state index is 6.20. The lowest BCUT2D eigenvalue weighted by molar-refractivity contribution is 0.492. The van der Waals surface area contributed by atoms with Crippen LogP contribution >= 0.6 is 11.6 Å². The zero-order valence-corrected chi connectivity index (χ0v) is 10.8. The summed E-state index contributed by atoms with van der Waals surface area (Å²) in [5, 5.41) is 4.49. The molecule has 1 N–H and O–H groups in total. The number of rotatable bonds is 3. The van der Waals surface area contributed by atoms with Crippen molar-refractivity contribution in [1.29, 1.82) is 0 Å². The zero-order chi connectivity index (χ0) is 11.5. The zero-order valence-electron chi connectivity index (χ0n) is 10.1. The summed E-state index contributed by atoms with van der Waals surface area (Å²) in [4.78, 5) is 0. The quantitative estimate of drug-likeness (QED) is 0.841. The minimum Gasteiger partial charge on any atom is -0.314 e. The highest BCUT2D eigenvalue weighted by molar-refractivity contribution is 6.31. The molecule has 0 spiro atoms. The molecule has 0 amide bonds. The SMILES string of the molecule is CCNC1CCCC1c1ccc(C)c(Cl)c1.